The van der Waals surface area contributed by atoms with Gasteiger partial charge in [0.15, 0.2) is 0 Å². The fourth-order valence-corrected chi connectivity index (χ4v) is 1.82. The summed E-state index contributed by atoms with van der Waals surface area (Å²) in [5, 5.41) is 0. The first kappa shape index (κ1) is 10.5. The molecule has 0 saturated heterocycles. The van der Waals surface area contributed by atoms with Crippen molar-refractivity contribution >= 4 is 12.1 Å². The number of benzene rings is 1. The Morgan fingerprint density at radius 3 is 2.88 bits per heavy atom. The van der Waals surface area contributed by atoms with Crippen LogP contribution in [0.25, 0.3) is 0 Å². The molecule has 0 saturated carbocycles. The number of hydrogen-bond donors (Lipinski definition) is 1. The smallest absolute Gasteiger partial charge is 0.220 e. The van der Waals surface area contributed by atoms with Crippen LogP contribution >= 0.6 is 0 Å². The van der Waals surface area contributed by atoms with Gasteiger partial charge in [0.05, 0.1) is 6.42 Å². The average Bonchev–Trinajstić information content (AvgIpc) is 2.66. The lowest BCUT2D eigenvalue weighted by atomic mass is 9.87. The summed E-state index contributed by atoms with van der Waals surface area (Å²) in [6.07, 6.45) is 5.12. The lowest BCUT2D eigenvalue weighted by Gasteiger charge is -2.23. The van der Waals surface area contributed by atoms with Gasteiger partial charge in [0.1, 0.15) is 11.4 Å². The lowest BCUT2D eigenvalue weighted by molar-refractivity contribution is -0.118. The van der Waals surface area contributed by atoms with Crippen LogP contribution in [-0.4, -0.2) is 12.1 Å². The van der Waals surface area contributed by atoms with E-state index in [9.17, 15) is 9.18 Å². The maximum atomic E-state index is 13.1. The Hall–Kier alpha value is -1.97. The molecule has 1 aliphatic heterocycles. The van der Waals surface area contributed by atoms with Crippen molar-refractivity contribution in [2.24, 2.45) is 10.7 Å². The number of nitrogens with two attached hydrogens (primary N) is 1. The first-order valence-corrected chi connectivity index (χ1v) is 4.90. The number of hydrogen-bond acceptors (Lipinski definition) is 2. The molecule has 1 aliphatic rings. The highest BCUT2D eigenvalue weighted by Crippen LogP contribution is 2.33. The number of nitrogens with zero attached hydrogens (tertiary/aromatic N) is 1. The molecule has 0 bridgehead atoms. The molecule has 3 nitrogen and oxygen atoms in total. The molecule has 4 heteroatoms. The number of amides is 1. The van der Waals surface area contributed by atoms with E-state index in [2.05, 4.69) is 4.99 Å². The van der Waals surface area contributed by atoms with Crippen LogP contribution in [0, 0.1) is 5.82 Å². The van der Waals surface area contributed by atoms with Crippen molar-refractivity contribution in [2.45, 2.75) is 12.0 Å². The Labute approximate surface area is 92.5 Å². The lowest BCUT2D eigenvalue weighted by Crippen LogP contribution is -2.27. The summed E-state index contributed by atoms with van der Waals surface area (Å²) in [5.74, 6) is -0.815. The van der Waals surface area contributed by atoms with E-state index in [1.54, 1.807) is 30.5 Å². The van der Waals surface area contributed by atoms with Gasteiger partial charge in [0, 0.05) is 6.21 Å². The summed E-state index contributed by atoms with van der Waals surface area (Å²) < 4.78 is 13.1. The van der Waals surface area contributed by atoms with E-state index in [1.165, 1.54) is 12.1 Å². The van der Waals surface area contributed by atoms with Gasteiger partial charge >= 0.3 is 0 Å². The van der Waals surface area contributed by atoms with E-state index in [0.29, 0.717) is 5.56 Å². The van der Waals surface area contributed by atoms with Gasteiger partial charge in [-0.25, -0.2) is 4.39 Å². The molecule has 2 rings (SSSR count). The largest absolute Gasteiger partial charge is 0.370 e. The predicted molar refractivity (Wildman–Crippen MR) is 59.5 cm³/mol. The minimum absolute atomic E-state index is 0.0451. The molecule has 1 atom stereocenters. The van der Waals surface area contributed by atoms with Gasteiger partial charge in [-0.1, -0.05) is 18.2 Å². The molecule has 1 amide bonds. The van der Waals surface area contributed by atoms with Gasteiger partial charge in [0.25, 0.3) is 0 Å². The van der Waals surface area contributed by atoms with E-state index >= 15 is 0 Å². The third kappa shape index (κ3) is 1.86. The highest BCUT2D eigenvalue weighted by molar-refractivity contribution is 5.81. The Balaban J connectivity index is 2.44. The first-order chi connectivity index (χ1) is 7.62. The van der Waals surface area contributed by atoms with Crippen LogP contribution in [-0.2, 0) is 10.3 Å². The predicted octanol–water partition coefficient (Wildman–Crippen LogP) is 1.54. The second kappa shape index (κ2) is 3.89. The van der Waals surface area contributed by atoms with Crippen molar-refractivity contribution in [3.05, 3.63) is 47.8 Å². The van der Waals surface area contributed by atoms with Crippen molar-refractivity contribution in [2.75, 3.05) is 0 Å². The summed E-state index contributed by atoms with van der Waals surface area (Å²) >= 11 is 0. The van der Waals surface area contributed by atoms with Gasteiger partial charge in [-0.15, -0.1) is 0 Å². The topological polar surface area (TPSA) is 55.5 Å². The highest BCUT2D eigenvalue weighted by atomic mass is 19.1. The second-order valence-corrected chi connectivity index (χ2v) is 3.71. The summed E-state index contributed by atoms with van der Waals surface area (Å²) in [6.45, 7) is 0. The molecule has 0 radical (unpaired) electrons. The van der Waals surface area contributed by atoms with Crippen LogP contribution in [0.4, 0.5) is 4.39 Å². The fourth-order valence-electron chi connectivity index (χ4n) is 1.82. The van der Waals surface area contributed by atoms with Gasteiger partial charge in [-0.3, -0.25) is 9.79 Å². The molecule has 0 aliphatic carbocycles. The van der Waals surface area contributed by atoms with Crippen molar-refractivity contribution in [3.63, 3.8) is 0 Å². The molecule has 0 spiro atoms. The fraction of sp³-hybridized carbons (Fsp3) is 0.167. The quantitative estimate of drug-likeness (QED) is 0.821. The van der Waals surface area contributed by atoms with Crippen LogP contribution in [0.15, 0.2) is 41.4 Å². The minimum atomic E-state index is -0.825. The second-order valence-electron chi connectivity index (χ2n) is 3.71. The molecule has 16 heavy (non-hydrogen) atoms. The minimum Gasteiger partial charge on any atom is -0.370 e. The van der Waals surface area contributed by atoms with Crippen molar-refractivity contribution in [1.29, 1.82) is 0 Å². The normalized spacial score (nSPS) is 22.6. The third-order valence-electron chi connectivity index (χ3n) is 2.53. The number of carbonyl (C=O) groups is 1. The monoisotopic (exact) mass is 218 g/mol. The first-order valence-electron chi connectivity index (χ1n) is 4.90. The zero-order chi connectivity index (χ0) is 11.6. The van der Waals surface area contributed by atoms with E-state index < -0.39 is 11.4 Å². The van der Waals surface area contributed by atoms with E-state index in [4.69, 9.17) is 5.73 Å². The summed E-state index contributed by atoms with van der Waals surface area (Å²) in [5.41, 5.74) is 5.00. The SMILES string of the molecule is NC(=O)CC1(c2cccc(F)c2)C=CC=N1. The molecule has 1 aromatic rings. The number of rotatable bonds is 3. The molecule has 1 heterocycles. The van der Waals surface area contributed by atoms with E-state index in [0.717, 1.165) is 0 Å². The maximum Gasteiger partial charge on any atom is 0.220 e. The van der Waals surface area contributed by atoms with Crippen molar-refractivity contribution in [3.8, 4) is 0 Å². The van der Waals surface area contributed by atoms with Gasteiger partial charge < -0.3 is 5.73 Å². The van der Waals surface area contributed by atoms with Crippen molar-refractivity contribution in [1.82, 2.24) is 0 Å². The van der Waals surface area contributed by atoms with Gasteiger partial charge in [-0.05, 0) is 23.8 Å². The molecule has 1 aromatic carbocycles. The molecule has 0 fully saturated rings. The van der Waals surface area contributed by atoms with Crippen LogP contribution in [0.3, 0.4) is 0 Å². The Kier molecular flexibility index (Phi) is 2.56. The Morgan fingerprint density at radius 2 is 2.31 bits per heavy atom. The van der Waals surface area contributed by atoms with Gasteiger partial charge in [0.2, 0.25) is 5.91 Å². The molecule has 1 unspecified atom stereocenters. The van der Waals surface area contributed by atoms with E-state index in [-0.39, 0.29) is 12.2 Å². The zero-order valence-electron chi connectivity index (χ0n) is 8.56. The molecule has 0 aromatic heterocycles. The number of allylic oxidation sites excluding steroid dienone is 1. The summed E-state index contributed by atoms with van der Waals surface area (Å²) in [7, 11) is 0. The third-order valence-corrected chi connectivity index (χ3v) is 2.53. The summed E-state index contributed by atoms with van der Waals surface area (Å²) in [4.78, 5) is 15.3. The van der Waals surface area contributed by atoms with Crippen molar-refractivity contribution < 1.29 is 9.18 Å². The molecular weight excluding hydrogens is 207 g/mol. The Morgan fingerprint density at radius 1 is 1.50 bits per heavy atom. The maximum absolute atomic E-state index is 13.1. The van der Waals surface area contributed by atoms with Gasteiger partial charge in [-0.2, -0.15) is 0 Å². The number of halogens is 1. The summed E-state index contributed by atoms with van der Waals surface area (Å²) in [6, 6.07) is 6.05. The standard InChI is InChI=1S/C12H11FN2O/c13-10-4-1-3-9(7-10)12(8-11(14)16)5-2-6-15-12/h1-7H,8H2,(H2,14,16). The highest BCUT2D eigenvalue weighted by Gasteiger charge is 2.32. The van der Waals surface area contributed by atoms with Crippen LogP contribution < -0.4 is 5.73 Å². The molecule has 82 valence electrons. The Bertz CT molecular complexity index is 468. The average molecular weight is 218 g/mol. The molecule has 2 N–H and O–H groups in total. The van der Waals surface area contributed by atoms with Crippen LogP contribution in [0.5, 0.6) is 0 Å². The van der Waals surface area contributed by atoms with Crippen LogP contribution in [0.1, 0.15) is 12.0 Å². The number of primary amides is 1. The molecular formula is C12H11FN2O. The van der Waals surface area contributed by atoms with Crippen LogP contribution in [0.2, 0.25) is 0 Å². The zero-order valence-corrected chi connectivity index (χ0v) is 8.56. The van der Waals surface area contributed by atoms with E-state index in [1.807, 2.05) is 0 Å². The number of carbonyl (C=O) groups excluding carboxylic acids is 1. The number of aliphatic imine (C=N–C) groups is 1.